The van der Waals surface area contributed by atoms with Crippen molar-refractivity contribution >= 4 is 43.0 Å². The van der Waals surface area contributed by atoms with Crippen LogP contribution in [-0.2, 0) is 20.0 Å². The molecule has 0 unspecified atom stereocenters. The van der Waals surface area contributed by atoms with Gasteiger partial charge in [0.25, 0.3) is 20.0 Å². The van der Waals surface area contributed by atoms with Gasteiger partial charge < -0.3 is 4.74 Å². The predicted molar refractivity (Wildman–Crippen MR) is 117 cm³/mol. The van der Waals surface area contributed by atoms with E-state index in [1.807, 2.05) is 0 Å². The lowest BCUT2D eigenvalue weighted by molar-refractivity contribution is 0.417. The van der Waals surface area contributed by atoms with Crippen molar-refractivity contribution in [2.24, 2.45) is 0 Å². The van der Waals surface area contributed by atoms with Gasteiger partial charge in [-0.1, -0.05) is 23.7 Å². The van der Waals surface area contributed by atoms with Gasteiger partial charge in [0.05, 0.1) is 28.4 Å². The summed E-state index contributed by atoms with van der Waals surface area (Å²) >= 11 is 6.08. The summed E-state index contributed by atoms with van der Waals surface area (Å²) in [5.74, 6) is -0.274. The minimum Gasteiger partial charge on any atom is -0.495 e. The summed E-state index contributed by atoms with van der Waals surface area (Å²) in [6.45, 7) is 1.45. The second-order valence-corrected chi connectivity index (χ2v) is 10.2. The number of halogens is 2. The molecule has 0 aliphatic rings. The van der Waals surface area contributed by atoms with Gasteiger partial charge in [-0.2, -0.15) is 0 Å². The summed E-state index contributed by atoms with van der Waals surface area (Å²) in [6, 6.07) is 13.3. The monoisotopic (exact) mass is 484 g/mol. The summed E-state index contributed by atoms with van der Waals surface area (Å²) in [5.41, 5.74) is 0.356. The van der Waals surface area contributed by atoms with Crippen LogP contribution in [0.1, 0.15) is 5.56 Å². The first-order chi connectivity index (χ1) is 14.5. The predicted octanol–water partition coefficient (Wildman–Crippen LogP) is 4.40. The Morgan fingerprint density at radius 1 is 0.871 bits per heavy atom. The number of benzene rings is 3. The number of sulfonamides is 2. The van der Waals surface area contributed by atoms with Gasteiger partial charge in [0.1, 0.15) is 16.5 Å². The number of anilines is 2. The molecule has 164 valence electrons. The lowest BCUT2D eigenvalue weighted by Crippen LogP contribution is -2.17. The van der Waals surface area contributed by atoms with Crippen molar-refractivity contribution in [3.63, 3.8) is 0 Å². The Bertz CT molecular complexity index is 1350. The zero-order chi connectivity index (χ0) is 22.8. The summed E-state index contributed by atoms with van der Waals surface area (Å²) in [6.07, 6.45) is 0. The van der Waals surface area contributed by atoms with Gasteiger partial charge in [0, 0.05) is 0 Å². The zero-order valence-corrected chi connectivity index (χ0v) is 18.8. The van der Waals surface area contributed by atoms with Crippen LogP contribution in [0.15, 0.2) is 70.5 Å². The molecule has 7 nitrogen and oxygen atoms in total. The third-order valence-electron chi connectivity index (χ3n) is 4.25. The van der Waals surface area contributed by atoms with Crippen LogP contribution < -0.4 is 14.2 Å². The highest BCUT2D eigenvalue weighted by atomic mass is 35.5. The van der Waals surface area contributed by atoms with Gasteiger partial charge >= 0.3 is 0 Å². The van der Waals surface area contributed by atoms with Gasteiger partial charge in [-0.25, -0.2) is 21.2 Å². The Kier molecular flexibility index (Phi) is 6.44. The Balaban J connectivity index is 1.96. The molecule has 31 heavy (non-hydrogen) atoms. The van der Waals surface area contributed by atoms with E-state index in [4.69, 9.17) is 16.3 Å². The molecular formula is C20H18ClFN2O5S2. The van der Waals surface area contributed by atoms with Crippen molar-refractivity contribution in [2.45, 2.75) is 16.7 Å². The van der Waals surface area contributed by atoms with Crippen LogP contribution in [0.25, 0.3) is 0 Å². The second-order valence-electron chi connectivity index (χ2n) is 6.47. The van der Waals surface area contributed by atoms with Crippen LogP contribution in [0.2, 0.25) is 5.02 Å². The van der Waals surface area contributed by atoms with Crippen LogP contribution in [-0.4, -0.2) is 23.9 Å². The molecule has 0 fully saturated rings. The van der Waals surface area contributed by atoms with Crippen LogP contribution in [0.5, 0.6) is 5.75 Å². The molecule has 0 amide bonds. The van der Waals surface area contributed by atoms with Gasteiger partial charge in [-0.05, 0) is 61.0 Å². The number of hydrogen-bond donors (Lipinski definition) is 2. The Morgan fingerprint density at radius 3 is 2.23 bits per heavy atom. The normalized spacial score (nSPS) is 11.7. The number of rotatable bonds is 7. The molecule has 0 atom stereocenters. The van der Waals surface area contributed by atoms with Crippen LogP contribution in [0.3, 0.4) is 0 Å². The van der Waals surface area contributed by atoms with Gasteiger partial charge in [-0.3, -0.25) is 9.44 Å². The van der Waals surface area contributed by atoms with E-state index in [-0.39, 0.29) is 31.8 Å². The molecule has 2 N–H and O–H groups in total. The SMILES string of the molecule is COc1ccccc1NS(=O)(=O)c1cc(NS(=O)(=O)c2ccc(F)cc2C)ccc1Cl. The quantitative estimate of drug-likeness (QED) is 0.517. The van der Waals surface area contributed by atoms with Crippen molar-refractivity contribution in [3.8, 4) is 5.75 Å². The van der Waals surface area contributed by atoms with Crippen molar-refractivity contribution in [1.82, 2.24) is 0 Å². The molecule has 0 aliphatic carbocycles. The van der Waals surface area contributed by atoms with Crippen LogP contribution in [0.4, 0.5) is 15.8 Å². The molecule has 0 aliphatic heterocycles. The molecule has 0 radical (unpaired) electrons. The maximum absolute atomic E-state index is 13.3. The van der Waals surface area contributed by atoms with Crippen LogP contribution in [0, 0.1) is 12.7 Å². The summed E-state index contributed by atoms with van der Waals surface area (Å²) in [4.78, 5) is -0.475. The molecule has 0 heterocycles. The number of methoxy groups -OCH3 is 1. The maximum atomic E-state index is 13.3. The van der Waals surface area contributed by atoms with Gasteiger partial charge in [0.2, 0.25) is 0 Å². The third kappa shape index (κ3) is 5.09. The fourth-order valence-electron chi connectivity index (χ4n) is 2.83. The minimum atomic E-state index is -4.18. The van der Waals surface area contributed by atoms with E-state index in [9.17, 15) is 21.2 Å². The fraction of sp³-hybridized carbons (Fsp3) is 0.100. The summed E-state index contributed by atoms with van der Waals surface area (Å²) < 4.78 is 74.3. The van der Waals surface area contributed by atoms with E-state index in [0.717, 1.165) is 24.3 Å². The van der Waals surface area contributed by atoms with E-state index in [2.05, 4.69) is 9.44 Å². The molecule has 3 rings (SSSR count). The summed E-state index contributed by atoms with van der Waals surface area (Å²) in [7, 11) is -6.88. The van der Waals surface area contributed by atoms with E-state index in [0.29, 0.717) is 5.75 Å². The molecule has 0 saturated carbocycles. The number of hydrogen-bond acceptors (Lipinski definition) is 5. The minimum absolute atomic E-state index is 0.0338. The average molecular weight is 485 g/mol. The molecular weight excluding hydrogens is 467 g/mol. The fourth-order valence-corrected chi connectivity index (χ4v) is 5.70. The highest BCUT2D eigenvalue weighted by Crippen LogP contribution is 2.31. The zero-order valence-electron chi connectivity index (χ0n) is 16.4. The van der Waals surface area contributed by atoms with E-state index < -0.39 is 25.9 Å². The topological polar surface area (TPSA) is 102 Å². The first kappa shape index (κ1) is 22.9. The number of nitrogens with one attached hydrogen (secondary N) is 2. The molecule has 0 saturated heterocycles. The summed E-state index contributed by atoms with van der Waals surface area (Å²) in [5, 5.41) is -0.108. The number of ether oxygens (including phenoxy) is 1. The molecule has 0 aromatic heterocycles. The van der Waals surface area contributed by atoms with Crippen molar-refractivity contribution < 1.29 is 26.0 Å². The molecule has 3 aromatic rings. The first-order valence-electron chi connectivity index (χ1n) is 8.78. The molecule has 0 spiro atoms. The average Bonchev–Trinajstić information content (AvgIpc) is 2.69. The molecule has 11 heteroatoms. The lowest BCUT2D eigenvalue weighted by atomic mass is 10.2. The van der Waals surface area contributed by atoms with Crippen molar-refractivity contribution in [3.05, 3.63) is 77.1 Å². The Labute approximate surface area is 184 Å². The number of para-hydroxylation sites is 2. The lowest BCUT2D eigenvalue weighted by Gasteiger charge is -2.14. The van der Waals surface area contributed by atoms with Crippen LogP contribution >= 0.6 is 11.6 Å². The Hall–Kier alpha value is -2.82. The highest BCUT2D eigenvalue weighted by molar-refractivity contribution is 7.93. The second kappa shape index (κ2) is 8.74. The van der Waals surface area contributed by atoms with Gasteiger partial charge in [-0.15, -0.1) is 0 Å². The maximum Gasteiger partial charge on any atom is 0.263 e. The van der Waals surface area contributed by atoms with Crippen molar-refractivity contribution in [1.29, 1.82) is 0 Å². The first-order valence-corrected chi connectivity index (χ1v) is 12.1. The largest absolute Gasteiger partial charge is 0.495 e. The van der Waals surface area contributed by atoms with E-state index >= 15 is 0 Å². The highest BCUT2D eigenvalue weighted by Gasteiger charge is 2.23. The van der Waals surface area contributed by atoms with E-state index in [1.54, 1.807) is 18.2 Å². The smallest absolute Gasteiger partial charge is 0.263 e. The molecule has 3 aromatic carbocycles. The van der Waals surface area contributed by atoms with Crippen molar-refractivity contribution in [2.75, 3.05) is 16.6 Å². The molecule has 0 bridgehead atoms. The van der Waals surface area contributed by atoms with Gasteiger partial charge in [0.15, 0.2) is 0 Å². The van der Waals surface area contributed by atoms with E-state index in [1.165, 1.54) is 32.2 Å². The standard InChI is InChI=1S/C20H18ClFN2O5S2/c1-13-11-14(22)7-10-19(13)30(25,26)23-15-8-9-16(21)20(12-15)31(27,28)24-17-5-3-4-6-18(17)29-2/h3-12,23-24H,1-2H3. The third-order valence-corrected chi connectivity index (χ3v) is 7.64. The number of aryl methyl sites for hydroxylation is 1. The Morgan fingerprint density at radius 2 is 1.55 bits per heavy atom.